The first kappa shape index (κ1) is 22.6. The molecule has 1 fully saturated rings. The zero-order chi connectivity index (χ0) is 21.6. The van der Waals surface area contributed by atoms with Gasteiger partial charge in [0.2, 0.25) is 10.0 Å². The van der Waals surface area contributed by atoms with Crippen LogP contribution in [0.4, 0.5) is 0 Å². The lowest BCUT2D eigenvalue weighted by Crippen LogP contribution is -2.28. The van der Waals surface area contributed by atoms with Gasteiger partial charge in [-0.25, -0.2) is 8.42 Å². The Morgan fingerprint density at radius 1 is 1.13 bits per heavy atom. The van der Waals surface area contributed by atoms with E-state index in [1.807, 2.05) is 24.3 Å². The average Bonchev–Trinajstić information content (AvgIpc) is 3.29. The van der Waals surface area contributed by atoms with Crippen molar-refractivity contribution in [3.05, 3.63) is 58.6 Å². The molecule has 1 aliphatic heterocycles. The molecule has 0 bridgehead atoms. The van der Waals surface area contributed by atoms with E-state index in [4.69, 9.17) is 16.3 Å². The summed E-state index contributed by atoms with van der Waals surface area (Å²) in [4.78, 5) is 12.7. The smallest absolute Gasteiger partial charge is 0.253 e. The lowest BCUT2D eigenvalue weighted by Gasteiger charge is -2.16. The van der Waals surface area contributed by atoms with E-state index in [-0.39, 0.29) is 15.5 Å². The summed E-state index contributed by atoms with van der Waals surface area (Å²) in [5, 5.41) is 3.02. The molecule has 3 rings (SSSR count). The Labute approximate surface area is 183 Å². The van der Waals surface area contributed by atoms with Crippen LogP contribution in [0.1, 0.15) is 48.5 Å². The standard InChI is InChI=1S/C22H27ClN2O4S/c1-2-3-14-29-18-8-6-17(7-9-18)16-24-22(26)20-15-19(10-11-21(20)23)30(27,28)25-12-4-5-13-25/h6-11,15H,2-5,12-14,16H2,1H3,(H,24,26). The predicted molar refractivity (Wildman–Crippen MR) is 117 cm³/mol. The van der Waals surface area contributed by atoms with E-state index in [2.05, 4.69) is 12.2 Å². The molecule has 2 aromatic carbocycles. The van der Waals surface area contributed by atoms with Crippen molar-refractivity contribution in [2.45, 2.75) is 44.0 Å². The molecule has 0 unspecified atom stereocenters. The van der Waals surface area contributed by atoms with Crippen molar-refractivity contribution in [1.82, 2.24) is 9.62 Å². The molecule has 0 radical (unpaired) electrons. The first-order valence-corrected chi connectivity index (χ1v) is 12.0. The average molecular weight is 451 g/mol. The summed E-state index contributed by atoms with van der Waals surface area (Å²) < 4.78 is 32.6. The molecule has 1 amide bonds. The van der Waals surface area contributed by atoms with E-state index < -0.39 is 15.9 Å². The van der Waals surface area contributed by atoms with Gasteiger partial charge in [-0.1, -0.05) is 37.1 Å². The summed E-state index contributed by atoms with van der Waals surface area (Å²) in [7, 11) is -3.61. The fraction of sp³-hybridized carbons (Fsp3) is 0.409. The van der Waals surface area contributed by atoms with Crippen molar-refractivity contribution < 1.29 is 17.9 Å². The molecular formula is C22H27ClN2O4S. The Morgan fingerprint density at radius 2 is 1.83 bits per heavy atom. The van der Waals surface area contributed by atoms with E-state index in [9.17, 15) is 13.2 Å². The second kappa shape index (κ2) is 10.3. The Bertz CT molecular complexity index is 971. The third kappa shape index (κ3) is 5.53. The fourth-order valence-corrected chi connectivity index (χ4v) is 4.98. The first-order valence-electron chi connectivity index (χ1n) is 10.2. The molecular weight excluding hydrogens is 424 g/mol. The summed E-state index contributed by atoms with van der Waals surface area (Å²) in [6.45, 7) is 4.10. The van der Waals surface area contributed by atoms with Crippen molar-refractivity contribution in [3.63, 3.8) is 0 Å². The van der Waals surface area contributed by atoms with E-state index >= 15 is 0 Å². The highest BCUT2D eigenvalue weighted by atomic mass is 35.5. The SMILES string of the molecule is CCCCOc1ccc(CNC(=O)c2cc(S(=O)(=O)N3CCCC3)ccc2Cl)cc1. The van der Waals surface area contributed by atoms with Gasteiger partial charge in [-0.3, -0.25) is 4.79 Å². The van der Waals surface area contributed by atoms with Crippen molar-refractivity contribution in [2.75, 3.05) is 19.7 Å². The van der Waals surface area contributed by atoms with Gasteiger partial charge in [-0.15, -0.1) is 0 Å². The number of benzene rings is 2. The molecule has 0 spiro atoms. The minimum absolute atomic E-state index is 0.0903. The maximum atomic E-state index is 12.8. The molecule has 1 heterocycles. The van der Waals surface area contributed by atoms with Gasteiger partial charge in [-0.05, 0) is 55.2 Å². The molecule has 1 N–H and O–H groups in total. The summed E-state index contributed by atoms with van der Waals surface area (Å²) in [5.74, 6) is 0.378. The number of nitrogens with zero attached hydrogens (tertiary/aromatic N) is 1. The fourth-order valence-electron chi connectivity index (χ4n) is 3.23. The Kier molecular flexibility index (Phi) is 7.75. The van der Waals surface area contributed by atoms with Gasteiger partial charge in [0.1, 0.15) is 5.75 Å². The van der Waals surface area contributed by atoms with Crippen molar-refractivity contribution in [1.29, 1.82) is 0 Å². The second-order valence-corrected chi connectivity index (χ2v) is 9.63. The third-order valence-electron chi connectivity index (χ3n) is 5.03. The lowest BCUT2D eigenvalue weighted by atomic mass is 10.2. The highest BCUT2D eigenvalue weighted by molar-refractivity contribution is 7.89. The van der Waals surface area contributed by atoms with Crippen LogP contribution in [0.15, 0.2) is 47.4 Å². The number of carbonyl (C=O) groups excluding carboxylic acids is 1. The molecule has 1 aliphatic rings. The zero-order valence-corrected chi connectivity index (χ0v) is 18.6. The quantitative estimate of drug-likeness (QED) is 0.580. The lowest BCUT2D eigenvalue weighted by molar-refractivity contribution is 0.0951. The number of carbonyl (C=O) groups is 1. The number of amides is 1. The van der Waals surface area contributed by atoms with Gasteiger partial charge in [0.25, 0.3) is 5.91 Å². The van der Waals surface area contributed by atoms with Crippen LogP contribution < -0.4 is 10.1 Å². The number of halogens is 1. The molecule has 0 aliphatic carbocycles. The third-order valence-corrected chi connectivity index (χ3v) is 7.25. The molecule has 30 heavy (non-hydrogen) atoms. The number of hydrogen-bond acceptors (Lipinski definition) is 4. The van der Waals surface area contributed by atoms with E-state index in [0.29, 0.717) is 26.2 Å². The molecule has 2 aromatic rings. The molecule has 6 nitrogen and oxygen atoms in total. The van der Waals surface area contributed by atoms with Gasteiger partial charge in [0.15, 0.2) is 0 Å². The van der Waals surface area contributed by atoms with Gasteiger partial charge >= 0.3 is 0 Å². The zero-order valence-electron chi connectivity index (χ0n) is 17.1. The number of unbranched alkanes of at least 4 members (excludes halogenated alkanes) is 1. The first-order chi connectivity index (χ1) is 14.4. The molecule has 162 valence electrons. The maximum Gasteiger partial charge on any atom is 0.253 e. The molecule has 0 atom stereocenters. The monoisotopic (exact) mass is 450 g/mol. The minimum Gasteiger partial charge on any atom is -0.494 e. The summed E-state index contributed by atoms with van der Waals surface area (Å²) in [5.41, 5.74) is 1.06. The van der Waals surface area contributed by atoms with Crippen LogP contribution in [-0.4, -0.2) is 38.3 Å². The van der Waals surface area contributed by atoms with Crippen LogP contribution in [0, 0.1) is 0 Å². The summed E-state index contributed by atoms with van der Waals surface area (Å²) in [6, 6.07) is 11.8. The summed E-state index contributed by atoms with van der Waals surface area (Å²) >= 11 is 6.18. The van der Waals surface area contributed by atoms with Crippen LogP contribution in [0.3, 0.4) is 0 Å². The van der Waals surface area contributed by atoms with Gasteiger partial charge < -0.3 is 10.1 Å². The topological polar surface area (TPSA) is 75.7 Å². The van der Waals surface area contributed by atoms with Gasteiger partial charge in [0.05, 0.1) is 22.1 Å². The normalized spacial score (nSPS) is 14.6. The van der Waals surface area contributed by atoms with E-state index in [1.54, 1.807) is 0 Å². The predicted octanol–water partition coefficient (Wildman–Crippen LogP) is 4.23. The van der Waals surface area contributed by atoms with Crippen molar-refractivity contribution in [3.8, 4) is 5.75 Å². The van der Waals surface area contributed by atoms with Crippen molar-refractivity contribution in [2.24, 2.45) is 0 Å². The van der Waals surface area contributed by atoms with Crippen molar-refractivity contribution >= 4 is 27.5 Å². The number of sulfonamides is 1. The molecule has 8 heteroatoms. The highest BCUT2D eigenvalue weighted by Gasteiger charge is 2.28. The minimum atomic E-state index is -3.61. The number of hydrogen-bond donors (Lipinski definition) is 1. The van der Waals surface area contributed by atoms with Crippen LogP contribution >= 0.6 is 11.6 Å². The highest BCUT2D eigenvalue weighted by Crippen LogP contribution is 2.25. The molecule has 0 aromatic heterocycles. The van der Waals surface area contributed by atoms with Crippen LogP contribution in [0.2, 0.25) is 5.02 Å². The summed E-state index contributed by atoms with van der Waals surface area (Å²) in [6.07, 6.45) is 3.78. The number of ether oxygens (including phenoxy) is 1. The Morgan fingerprint density at radius 3 is 2.50 bits per heavy atom. The number of nitrogens with one attached hydrogen (secondary N) is 1. The van der Waals surface area contributed by atoms with Crippen LogP contribution in [-0.2, 0) is 16.6 Å². The second-order valence-electron chi connectivity index (χ2n) is 7.28. The Balaban J connectivity index is 1.65. The Hall–Kier alpha value is -2.09. The number of rotatable bonds is 9. The van der Waals surface area contributed by atoms with Crippen LogP contribution in [0.25, 0.3) is 0 Å². The largest absolute Gasteiger partial charge is 0.494 e. The van der Waals surface area contributed by atoms with Gasteiger partial charge in [0, 0.05) is 19.6 Å². The van der Waals surface area contributed by atoms with E-state index in [1.165, 1.54) is 22.5 Å². The maximum absolute atomic E-state index is 12.8. The van der Waals surface area contributed by atoms with Gasteiger partial charge in [-0.2, -0.15) is 4.31 Å². The molecule has 0 saturated carbocycles. The van der Waals surface area contributed by atoms with E-state index in [0.717, 1.165) is 37.0 Å². The molecule has 1 saturated heterocycles. The van der Waals surface area contributed by atoms with Crippen LogP contribution in [0.5, 0.6) is 5.75 Å².